The summed E-state index contributed by atoms with van der Waals surface area (Å²) < 4.78 is 0. The van der Waals surface area contributed by atoms with E-state index in [2.05, 4.69) is 13.0 Å². The molecule has 0 N–H and O–H groups in total. The number of unbranched alkanes of at least 4 members (excludes halogenated alkanes) is 10. The molecule has 0 saturated carbocycles. The smallest absolute Gasteiger partial charge is 0.133 e. The molecule has 0 aliphatic heterocycles. The monoisotopic (exact) mass is 364 g/mol. The van der Waals surface area contributed by atoms with Gasteiger partial charge in [0.1, 0.15) is 5.78 Å². The zero-order valence-electron chi connectivity index (χ0n) is 16.4. The van der Waals surface area contributed by atoms with E-state index in [1.165, 1.54) is 76.2 Å². The van der Waals surface area contributed by atoms with Crippen LogP contribution in [0.15, 0.2) is 24.3 Å². The molecule has 0 saturated heterocycles. The minimum Gasteiger partial charge on any atom is -0.300 e. The van der Waals surface area contributed by atoms with E-state index >= 15 is 0 Å². The molecule has 0 heterocycles. The minimum absolute atomic E-state index is 0.150. The number of ketones is 1. The first-order valence-electron chi connectivity index (χ1n) is 10.4. The van der Waals surface area contributed by atoms with Crippen LogP contribution in [0.5, 0.6) is 0 Å². The summed E-state index contributed by atoms with van der Waals surface area (Å²) in [5.41, 5.74) is 1.18. The summed E-state index contributed by atoms with van der Waals surface area (Å²) in [6, 6.07) is 7.91. The van der Waals surface area contributed by atoms with Gasteiger partial charge < -0.3 is 0 Å². The van der Waals surface area contributed by atoms with Crippen molar-refractivity contribution >= 4 is 17.4 Å². The van der Waals surface area contributed by atoms with Crippen LogP contribution in [0.4, 0.5) is 0 Å². The average Bonchev–Trinajstić information content (AvgIpc) is 2.58. The average molecular weight is 365 g/mol. The summed E-state index contributed by atoms with van der Waals surface area (Å²) in [6.07, 6.45) is 16.7. The number of rotatable bonds is 15. The molecule has 0 fully saturated rings. The third kappa shape index (κ3) is 11.4. The van der Waals surface area contributed by atoms with E-state index in [-0.39, 0.29) is 5.92 Å². The first-order valence-corrected chi connectivity index (χ1v) is 10.8. The lowest BCUT2D eigenvalue weighted by molar-refractivity contribution is -0.120. The molecule has 142 valence electrons. The Morgan fingerprint density at radius 1 is 0.920 bits per heavy atom. The van der Waals surface area contributed by atoms with Gasteiger partial charge in [0.2, 0.25) is 0 Å². The van der Waals surface area contributed by atoms with E-state index in [1.54, 1.807) is 6.92 Å². The Kier molecular flexibility index (Phi) is 12.8. The molecule has 1 aromatic rings. The van der Waals surface area contributed by atoms with Gasteiger partial charge in [-0.2, -0.15) is 0 Å². The van der Waals surface area contributed by atoms with Crippen molar-refractivity contribution in [3.8, 4) is 0 Å². The Balaban J connectivity index is 2.08. The number of benzene rings is 1. The van der Waals surface area contributed by atoms with Crippen LogP contribution in [0.1, 0.15) is 96.5 Å². The molecule has 0 bridgehead atoms. The summed E-state index contributed by atoms with van der Waals surface area (Å²) in [5.74, 6) is 0.462. The molecule has 1 nitrogen and oxygen atoms in total. The summed E-state index contributed by atoms with van der Waals surface area (Å²) in [5, 5.41) is 0.759. The lowest BCUT2D eigenvalue weighted by Crippen LogP contribution is -2.14. The molecule has 25 heavy (non-hydrogen) atoms. The topological polar surface area (TPSA) is 17.1 Å². The second-order valence-electron chi connectivity index (χ2n) is 7.47. The normalized spacial score (nSPS) is 12.3. The minimum atomic E-state index is 0.150. The van der Waals surface area contributed by atoms with E-state index in [0.717, 1.165) is 17.9 Å². The van der Waals surface area contributed by atoms with Crippen LogP contribution >= 0.6 is 11.6 Å². The standard InChI is InChI=1S/C23H37ClO/c1-3-4-5-6-7-8-9-10-11-12-13-16-22(20(2)25)18-21-15-14-17-23(24)19-21/h14-15,17,19,22H,3-13,16,18H2,1-2H3. The molecule has 0 aliphatic carbocycles. The zero-order chi connectivity index (χ0) is 18.3. The molecular weight excluding hydrogens is 328 g/mol. The highest BCUT2D eigenvalue weighted by Gasteiger charge is 2.14. The van der Waals surface area contributed by atoms with Crippen LogP contribution in [0.2, 0.25) is 5.02 Å². The van der Waals surface area contributed by atoms with Crippen LogP contribution in [0, 0.1) is 5.92 Å². The highest BCUT2D eigenvalue weighted by molar-refractivity contribution is 6.30. The van der Waals surface area contributed by atoms with Gasteiger partial charge in [-0.05, 0) is 37.5 Å². The molecule has 1 unspecified atom stereocenters. The Labute approximate surface area is 160 Å². The fraction of sp³-hybridized carbons (Fsp3) is 0.696. The molecule has 1 rings (SSSR count). The van der Waals surface area contributed by atoms with Gasteiger partial charge in [-0.15, -0.1) is 0 Å². The first kappa shape index (κ1) is 22.2. The van der Waals surface area contributed by atoms with Gasteiger partial charge in [-0.1, -0.05) is 101 Å². The molecule has 0 aromatic heterocycles. The Bertz CT molecular complexity index is 469. The molecule has 0 amide bonds. The second-order valence-corrected chi connectivity index (χ2v) is 7.90. The quantitative estimate of drug-likeness (QED) is 0.290. The highest BCUT2D eigenvalue weighted by Crippen LogP contribution is 2.20. The number of halogens is 1. The molecule has 0 spiro atoms. The SMILES string of the molecule is CCCCCCCCCCCCCC(Cc1cccc(Cl)c1)C(C)=O. The molecular formula is C23H37ClO. The van der Waals surface area contributed by atoms with Crippen molar-refractivity contribution in [1.82, 2.24) is 0 Å². The van der Waals surface area contributed by atoms with E-state index < -0.39 is 0 Å². The summed E-state index contributed by atoms with van der Waals surface area (Å²) in [6.45, 7) is 4.00. The highest BCUT2D eigenvalue weighted by atomic mass is 35.5. The number of Topliss-reactive ketones (excluding diaryl/α,β-unsaturated/α-hetero) is 1. The van der Waals surface area contributed by atoms with Gasteiger partial charge in [0.15, 0.2) is 0 Å². The Hall–Kier alpha value is -0.820. The van der Waals surface area contributed by atoms with E-state index in [9.17, 15) is 4.79 Å². The predicted octanol–water partition coefficient (Wildman–Crippen LogP) is 7.79. The van der Waals surface area contributed by atoms with Crippen molar-refractivity contribution in [3.63, 3.8) is 0 Å². The molecule has 0 aliphatic rings. The lowest BCUT2D eigenvalue weighted by Gasteiger charge is -2.14. The van der Waals surface area contributed by atoms with Gasteiger partial charge in [0.05, 0.1) is 0 Å². The van der Waals surface area contributed by atoms with Crippen molar-refractivity contribution in [1.29, 1.82) is 0 Å². The van der Waals surface area contributed by atoms with Gasteiger partial charge in [-0.3, -0.25) is 4.79 Å². The fourth-order valence-corrected chi connectivity index (χ4v) is 3.67. The van der Waals surface area contributed by atoms with Gasteiger partial charge >= 0.3 is 0 Å². The number of hydrogen-bond acceptors (Lipinski definition) is 1. The van der Waals surface area contributed by atoms with Crippen molar-refractivity contribution < 1.29 is 4.79 Å². The molecule has 2 heteroatoms. The summed E-state index contributed by atoms with van der Waals surface area (Å²) in [4.78, 5) is 11.9. The van der Waals surface area contributed by atoms with E-state index in [1.807, 2.05) is 18.2 Å². The number of carbonyl (C=O) groups excluding carboxylic acids is 1. The molecule has 1 aromatic carbocycles. The van der Waals surface area contributed by atoms with E-state index in [0.29, 0.717) is 5.78 Å². The van der Waals surface area contributed by atoms with Crippen molar-refractivity contribution in [2.45, 2.75) is 97.3 Å². The van der Waals surface area contributed by atoms with Crippen LogP contribution in [-0.4, -0.2) is 5.78 Å². The van der Waals surface area contributed by atoms with Gasteiger partial charge in [-0.25, -0.2) is 0 Å². The predicted molar refractivity (Wildman–Crippen MR) is 110 cm³/mol. The van der Waals surface area contributed by atoms with Crippen molar-refractivity contribution in [2.75, 3.05) is 0 Å². The second kappa shape index (κ2) is 14.4. The Morgan fingerprint density at radius 2 is 1.48 bits per heavy atom. The van der Waals surface area contributed by atoms with Crippen molar-refractivity contribution in [2.24, 2.45) is 5.92 Å². The van der Waals surface area contributed by atoms with E-state index in [4.69, 9.17) is 11.6 Å². The van der Waals surface area contributed by atoms with Gasteiger partial charge in [0.25, 0.3) is 0 Å². The first-order chi connectivity index (χ1) is 12.1. The lowest BCUT2D eigenvalue weighted by atomic mass is 9.90. The maximum Gasteiger partial charge on any atom is 0.133 e. The van der Waals surface area contributed by atoms with Crippen LogP contribution in [0.3, 0.4) is 0 Å². The largest absolute Gasteiger partial charge is 0.300 e. The van der Waals surface area contributed by atoms with Crippen LogP contribution in [-0.2, 0) is 11.2 Å². The van der Waals surface area contributed by atoms with Crippen LogP contribution < -0.4 is 0 Å². The van der Waals surface area contributed by atoms with Crippen LogP contribution in [0.25, 0.3) is 0 Å². The van der Waals surface area contributed by atoms with Gasteiger partial charge in [0, 0.05) is 10.9 Å². The molecule has 0 radical (unpaired) electrons. The molecule has 1 atom stereocenters. The summed E-state index contributed by atoms with van der Waals surface area (Å²) >= 11 is 6.05. The number of carbonyl (C=O) groups is 1. The maximum absolute atomic E-state index is 11.9. The maximum atomic E-state index is 11.9. The van der Waals surface area contributed by atoms with Crippen molar-refractivity contribution in [3.05, 3.63) is 34.9 Å². The number of hydrogen-bond donors (Lipinski definition) is 0. The fourth-order valence-electron chi connectivity index (χ4n) is 3.45. The zero-order valence-corrected chi connectivity index (χ0v) is 17.1. The third-order valence-corrected chi connectivity index (χ3v) is 5.34. The third-order valence-electron chi connectivity index (χ3n) is 5.10. The Morgan fingerprint density at radius 3 is 2.00 bits per heavy atom. The summed E-state index contributed by atoms with van der Waals surface area (Å²) in [7, 11) is 0.